The zero-order valence-corrected chi connectivity index (χ0v) is 23.9. The molecule has 0 N–H and O–H groups in total. The zero-order chi connectivity index (χ0) is 26.5. The molecular weight excluding hydrogens is 521 g/mol. The van der Waals surface area contributed by atoms with Gasteiger partial charge in [-0.3, -0.25) is 0 Å². The van der Waals surface area contributed by atoms with Gasteiger partial charge in [0.1, 0.15) is 0 Å². The summed E-state index contributed by atoms with van der Waals surface area (Å²) in [4.78, 5) is 4.23. The molecule has 0 nitrogen and oxygen atoms in total. The van der Waals surface area contributed by atoms with Crippen molar-refractivity contribution in [2.45, 2.75) is 51.0 Å². The molecule has 4 aromatic carbocycles. The normalized spacial score (nSPS) is 21.2. The Balaban J connectivity index is 1.43. The summed E-state index contributed by atoms with van der Waals surface area (Å²) in [5.41, 5.74) is 11.5. The Hall–Kier alpha value is -3.46. The molecule has 0 saturated heterocycles. The second-order valence-corrected chi connectivity index (χ2v) is 13.3. The molecule has 2 aliphatic carbocycles. The first kappa shape index (κ1) is 24.3. The average Bonchev–Trinajstić information content (AvgIpc) is 3.03. The van der Waals surface area contributed by atoms with Crippen LogP contribution in [0.25, 0.3) is 11.1 Å². The first-order chi connectivity index (χ1) is 19.8. The summed E-state index contributed by atoms with van der Waals surface area (Å²) in [7, 11) is 0. The number of benzene rings is 4. The highest BCUT2D eigenvalue weighted by molar-refractivity contribution is 8.00. The molecule has 0 saturated carbocycles. The Morgan fingerprint density at radius 2 is 1.32 bits per heavy atom. The molecule has 2 heterocycles. The van der Waals surface area contributed by atoms with E-state index in [1.807, 2.05) is 11.8 Å². The fraction of sp³-hybridized carbons (Fsp3) is 0.158. The molecule has 0 amide bonds. The SMILES string of the molecule is C1=CC(C2=C3C(CC=C2)Sc2ccc(-c4ccccc4)cc2C3C2c3ccccc3Sc3ccccc32)=CCC1. The topological polar surface area (TPSA) is 0 Å². The molecule has 0 aromatic heterocycles. The standard InChI is InChI=1S/C38H30S2/c1-3-12-25(13-4-1)27-22-23-34-31(24-27)38(37-28(18-11-21-35(37)40-34)26-14-5-2-6-15-26)36-29-16-7-9-19-32(29)39-33-20-10-8-17-30(33)36/h1,3-5,7-20,22-24,35-36,38H,2,6,21H2. The minimum absolute atomic E-state index is 0.268. The molecule has 2 heteroatoms. The highest BCUT2D eigenvalue weighted by Gasteiger charge is 2.43. The lowest BCUT2D eigenvalue weighted by Crippen LogP contribution is -2.29. The van der Waals surface area contributed by atoms with Gasteiger partial charge in [0.2, 0.25) is 0 Å². The molecule has 40 heavy (non-hydrogen) atoms. The number of thioether (sulfide) groups is 1. The van der Waals surface area contributed by atoms with E-state index in [-0.39, 0.29) is 11.8 Å². The molecule has 8 rings (SSSR count). The molecule has 2 aliphatic heterocycles. The van der Waals surface area contributed by atoms with Gasteiger partial charge in [-0.25, -0.2) is 0 Å². The van der Waals surface area contributed by atoms with E-state index in [0.29, 0.717) is 5.25 Å². The van der Waals surface area contributed by atoms with Gasteiger partial charge < -0.3 is 0 Å². The molecule has 2 atom stereocenters. The van der Waals surface area contributed by atoms with Crippen LogP contribution in [0.1, 0.15) is 47.8 Å². The Kier molecular flexibility index (Phi) is 6.20. The Morgan fingerprint density at radius 1 is 0.575 bits per heavy atom. The highest BCUT2D eigenvalue weighted by Crippen LogP contribution is 2.60. The van der Waals surface area contributed by atoms with Crippen LogP contribution in [0.3, 0.4) is 0 Å². The van der Waals surface area contributed by atoms with Crippen molar-refractivity contribution < 1.29 is 0 Å². The number of allylic oxidation sites excluding steroid dienone is 7. The predicted octanol–water partition coefficient (Wildman–Crippen LogP) is 10.7. The summed E-state index contributed by atoms with van der Waals surface area (Å²) < 4.78 is 0. The molecule has 0 bridgehead atoms. The maximum atomic E-state index is 2.51. The van der Waals surface area contributed by atoms with Crippen LogP contribution in [-0.4, -0.2) is 5.25 Å². The lowest BCUT2D eigenvalue weighted by molar-refractivity contribution is 0.614. The van der Waals surface area contributed by atoms with Gasteiger partial charge in [-0.15, -0.1) is 11.8 Å². The van der Waals surface area contributed by atoms with Gasteiger partial charge in [0.15, 0.2) is 0 Å². The van der Waals surface area contributed by atoms with E-state index in [9.17, 15) is 0 Å². The molecule has 194 valence electrons. The summed E-state index contributed by atoms with van der Waals surface area (Å²) >= 11 is 4.01. The van der Waals surface area contributed by atoms with Crippen LogP contribution in [0.4, 0.5) is 0 Å². The molecule has 0 radical (unpaired) electrons. The second kappa shape index (κ2) is 10.2. The van der Waals surface area contributed by atoms with Crippen LogP contribution in [0.15, 0.2) is 159 Å². The summed E-state index contributed by atoms with van der Waals surface area (Å²) in [5, 5.41) is 0.449. The summed E-state index contributed by atoms with van der Waals surface area (Å²) in [6.07, 6.45) is 15.4. The van der Waals surface area contributed by atoms with Crippen molar-refractivity contribution in [2.75, 3.05) is 0 Å². The fourth-order valence-electron chi connectivity index (χ4n) is 6.96. The number of hydrogen-bond acceptors (Lipinski definition) is 2. The van der Waals surface area contributed by atoms with Crippen molar-refractivity contribution in [1.82, 2.24) is 0 Å². The van der Waals surface area contributed by atoms with E-state index >= 15 is 0 Å². The fourth-order valence-corrected chi connectivity index (χ4v) is 9.50. The molecule has 0 spiro atoms. The minimum atomic E-state index is 0.268. The Bertz CT molecular complexity index is 1690. The van der Waals surface area contributed by atoms with Gasteiger partial charge in [-0.05, 0) is 88.1 Å². The van der Waals surface area contributed by atoms with Crippen LogP contribution in [0.2, 0.25) is 0 Å². The van der Waals surface area contributed by atoms with Crippen molar-refractivity contribution in [1.29, 1.82) is 0 Å². The van der Waals surface area contributed by atoms with E-state index in [2.05, 4.69) is 139 Å². The van der Waals surface area contributed by atoms with Gasteiger partial charge in [-0.2, -0.15) is 0 Å². The molecule has 4 aliphatic rings. The number of fused-ring (bicyclic) bond motifs is 4. The highest BCUT2D eigenvalue weighted by atomic mass is 32.2. The maximum Gasteiger partial charge on any atom is 0.0354 e. The van der Waals surface area contributed by atoms with E-state index in [1.54, 1.807) is 5.57 Å². The van der Waals surface area contributed by atoms with E-state index < -0.39 is 0 Å². The van der Waals surface area contributed by atoms with Crippen LogP contribution in [0.5, 0.6) is 0 Å². The van der Waals surface area contributed by atoms with Crippen LogP contribution in [0, 0.1) is 0 Å². The largest absolute Gasteiger partial charge is 0.118 e. The second-order valence-electron chi connectivity index (χ2n) is 11.0. The third kappa shape index (κ3) is 4.08. The maximum absolute atomic E-state index is 2.51. The van der Waals surface area contributed by atoms with Gasteiger partial charge in [0, 0.05) is 31.8 Å². The summed E-state index contributed by atoms with van der Waals surface area (Å²) in [6.45, 7) is 0. The third-order valence-corrected chi connectivity index (χ3v) is 11.3. The molecule has 0 fully saturated rings. The third-order valence-electron chi connectivity index (χ3n) is 8.72. The van der Waals surface area contributed by atoms with Gasteiger partial charge >= 0.3 is 0 Å². The first-order valence-corrected chi connectivity index (χ1v) is 16.0. The van der Waals surface area contributed by atoms with Gasteiger partial charge in [-0.1, -0.05) is 115 Å². The average molecular weight is 551 g/mol. The minimum Gasteiger partial charge on any atom is -0.118 e. The van der Waals surface area contributed by atoms with E-state index in [0.717, 1.165) is 19.3 Å². The van der Waals surface area contributed by atoms with Crippen molar-refractivity contribution in [3.8, 4) is 11.1 Å². The predicted molar refractivity (Wildman–Crippen MR) is 170 cm³/mol. The van der Waals surface area contributed by atoms with Crippen molar-refractivity contribution in [3.63, 3.8) is 0 Å². The van der Waals surface area contributed by atoms with Crippen LogP contribution in [-0.2, 0) is 0 Å². The van der Waals surface area contributed by atoms with Crippen molar-refractivity contribution in [2.24, 2.45) is 0 Å². The van der Waals surface area contributed by atoms with Gasteiger partial charge in [0.25, 0.3) is 0 Å². The molecule has 4 aromatic rings. The summed E-state index contributed by atoms with van der Waals surface area (Å²) in [5.74, 6) is 0.538. The quantitative estimate of drug-likeness (QED) is 0.249. The molecule has 2 unspecified atom stereocenters. The Labute approximate surface area is 245 Å². The lowest BCUT2D eigenvalue weighted by Gasteiger charge is -2.43. The zero-order valence-electron chi connectivity index (χ0n) is 22.3. The smallest absolute Gasteiger partial charge is 0.0354 e. The monoisotopic (exact) mass is 550 g/mol. The van der Waals surface area contributed by atoms with E-state index in [4.69, 9.17) is 0 Å². The number of hydrogen-bond donors (Lipinski definition) is 0. The van der Waals surface area contributed by atoms with Gasteiger partial charge in [0.05, 0.1) is 0 Å². The van der Waals surface area contributed by atoms with Crippen LogP contribution >= 0.6 is 23.5 Å². The lowest BCUT2D eigenvalue weighted by atomic mass is 9.68. The Morgan fingerprint density at radius 3 is 2.08 bits per heavy atom. The first-order valence-electron chi connectivity index (χ1n) is 14.3. The molecular formula is C38H30S2. The van der Waals surface area contributed by atoms with Crippen LogP contribution < -0.4 is 0 Å². The number of rotatable bonds is 3. The summed E-state index contributed by atoms with van der Waals surface area (Å²) in [6, 6.07) is 36.4. The van der Waals surface area contributed by atoms with Crippen molar-refractivity contribution in [3.05, 3.63) is 161 Å². The van der Waals surface area contributed by atoms with E-state index in [1.165, 1.54) is 53.6 Å². The van der Waals surface area contributed by atoms with Crippen molar-refractivity contribution >= 4 is 23.5 Å².